The second-order valence-corrected chi connectivity index (χ2v) is 6.13. The van der Waals surface area contributed by atoms with Crippen molar-refractivity contribution in [1.82, 2.24) is 15.5 Å². The number of nitrogens with one attached hydrogen (secondary N) is 1. The molecule has 1 aliphatic rings. The van der Waals surface area contributed by atoms with Gasteiger partial charge in [0.2, 0.25) is 0 Å². The fourth-order valence-corrected chi connectivity index (χ4v) is 3.24. The predicted molar refractivity (Wildman–Crippen MR) is 90.9 cm³/mol. The number of rotatable bonds is 3. The number of benzene rings is 1. The van der Waals surface area contributed by atoms with E-state index in [1.807, 2.05) is 12.1 Å². The molecule has 2 aromatic heterocycles. The van der Waals surface area contributed by atoms with Gasteiger partial charge in [-0.05, 0) is 43.2 Å². The smallest absolute Gasteiger partial charge is 0.255 e. The van der Waals surface area contributed by atoms with Crippen molar-refractivity contribution in [3.63, 3.8) is 0 Å². The third kappa shape index (κ3) is 3.17. The summed E-state index contributed by atoms with van der Waals surface area (Å²) >= 11 is 0. The van der Waals surface area contributed by atoms with Crippen LogP contribution in [0.1, 0.15) is 23.2 Å². The normalized spacial score (nSPS) is 17.6. The van der Waals surface area contributed by atoms with Crippen molar-refractivity contribution in [2.75, 3.05) is 18.0 Å². The lowest BCUT2D eigenvalue weighted by atomic mass is 10.0. The van der Waals surface area contributed by atoms with Crippen LogP contribution in [0, 0.1) is 5.82 Å². The van der Waals surface area contributed by atoms with Gasteiger partial charge in [-0.15, -0.1) is 5.10 Å². The Morgan fingerprint density at radius 3 is 3.12 bits per heavy atom. The van der Waals surface area contributed by atoms with Crippen molar-refractivity contribution in [1.29, 1.82) is 0 Å². The van der Waals surface area contributed by atoms with Crippen molar-refractivity contribution in [3.05, 3.63) is 54.2 Å². The monoisotopic (exact) mass is 340 g/mol. The average Bonchev–Trinajstić information content (AvgIpc) is 3.10. The van der Waals surface area contributed by atoms with E-state index in [0.29, 0.717) is 17.5 Å². The highest BCUT2D eigenvalue weighted by Crippen LogP contribution is 2.23. The van der Waals surface area contributed by atoms with Crippen LogP contribution in [0.5, 0.6) is 0 Å². The molecule has 4 rings (SSSR count). The maximum Gasteiger partial charge on any atom is 0.255 e. The maximum atomic E-state index is 13.8. The van der Waals surface area contributed by atoms with E-state index in [1.165, 1.54) is 18.4 Å². The minimum absolute atomic E-state index is 0.0449. The Morgan fingerprint density at radius 1 is 1.36 bits per heavy atom. The average molecular weight is 340 g/mol. The van der Waals surface area contributed by atoms with Gasteiger partial charge in [0.1, 0.15) is 11.4 Å². The molecule has 128 valence electrons. The van der Waals surface area contributed by atoms with Gasteiger partial charge in [0.25, 0.3) is 5.91 Å². The zero-order valence-corrected chi connectivity index (χ0v) is 13.5. The van der Waals surface area contributed by atoms with Gasteiger partial charge in [0.05, 0.1) is 11.8 Å². The van der Waals surface area contributed by atoms with Crippen LogP contribution in [0.3, 0.4) is 0 Å². The Balaban J connectivity index is 1.51. The topological polar surface area (TPSA) is 71.3 Å². The molecule has 1 unspecified atom stereocenters. The number of nitrogens with zero attached hydrogens (tertiary/aromatic N) is 3. The van der Waals surface area contributed by atoms with Crippen LogP contribution in [0.25, 0.3) is 11.0 Å². The van der Waals surface area contributed by atoms with Crippen LogP contribution in [0.2, 0.25) is 0 Å². The van der Waals surface area contributed by atoms with Crippen molar-refractivity contribution in [2.45, 2.75) is 18.9 Å². The van der Waals surface area contributed by atoms with Gasteiger partial charge in [0.15, 0.2) is 5.82 Å². The first-order chi connectivity index (χ1) is 12.2. The van der Waals surface area contributed by atoms with Gasteiger partial charge in [-0.25, -0.2) is 4.39 Å². The summed E-state index contributed by atoms with van der Waals surface area (Å²) < 4.78 is 19.1. The molecule has 0 saturated carbocycles. The van der Waals surface area contributed by atoms with Gasteiger partial charge < -0.3 is 14.6 Å². The number of anilines is 1. The number of fused-ring (bicyclic) bond motifs is 1. The minimum atomic E-state index is -0.455. The fraction of sp³-hybridized carbons (Fsp3) is 0.278. The minimum Gasteiger partial charge on any atom is -0.464 e. The molecule has 0 bridgehead atoms. The first-order valence-electron chi connectivity index (χ1n) is 8.21. The Morgan fingerprint density at radius 2 is 2.28 bits per heavy atom. The summed E-state index contributed by atoms with van der Waals surface area (Å²) in [6.45, 7) is 1.51. The van der Waals surface area contributed by atoms with E-state index >= 15 is 0 Å². The number of amides is 1. The molecule has 1 aliphatic heterocycles. The van der Waals surface area contributed by atoms with E-state index in [2.05, 4.69) is 20.4 Å². The Labute approximate surface area is 143 Å². The Bertz CT molecular complexity index is 896. The molecule has 7 heteroatoms. The number of furan rings is 1. The molecule has 1 saturated heterocycles. The number of halogens is 1. The summed E-state index contributed by atoms with van der Waals surface area (Å²) in [6, 6.07) is 7.90. The number of carbonyl (C=O) groups excluding carboxylic acids is 1. The van der Waals surface area contributed by atoms with E-state index in [9.17, 15) is 9.18 Å². The van der Waals surface area contributed by atoms with Crippen molar-refractivity contribution >= 4 is 22.7 Å². The largest absolute Gasteiger partial charge is 0.464 e. The molecule has 1 atom stereocenters. The third-order valence-electron chi connectivity index (χ3n) is 4.40. The highest BCUT2D eigenvalue weighted by Gasteiger charge is 2.24. The quantitative estimate of drug-likeness (QED) is 0.794. The lowest BCUT2D eigenvalue weighted by molar-refractivity contribution is 0.0933. The van der Waals surface area contributed by atoms with E-state index < -0.39 is 5.82 Å². The summed E-state index contributed by atoms with van der Waals surface area (Å²) in [5.74, 6) is 0.00922. The second kappa shape index (κ2) is 6.51. The van der Waals surface area contributed by atoms with Crippen molar-refractivity contribution < 1.29 is 13.6 Å². The van der Waals surface area contributed by atoms with Crippen LogP contribution in [0.4, 0.5) is 10.2 Å². The molecular formula is C18H17FN4O2. The van der Waals surface area contributed by atoms with E-state index in [-0.39, 0.29) is 17.5 Å². The molecule has 0 radical (unpaired) electrons. The highest BCUT2D eigenvalue weighted by molar-refractivity contribution is 6.05. The molecule has 3 heterocycles. The number of hydrogen-bond acceptors (Lipinski definition) is 5. The SMILES string of the molecule is O=C(NC1CCCN(c2cccnn2)C1)c1cc(F)cc2ccoc12. The van der Waals surface area contributed by atoms with Crippen LogP contribution in [-0.2, 0) is 0 Å². The van der Waals surface area contributed by atoms with Crippen LogP contribution in [0.15, 0.2) is 47.2 Å². The molecule has 25 heavy (non-hydrogen) atoms. The number of hydrogen-bond donors (Lipinski definition) is 1. The zero-order chi connectivity index (χ0) is 17.2. The van der Waals surface area contributed by atoms with Gasteiger partial charge >= 0.3 is 0 Å². The van der Waals surface area contributed by atoms with Crippen LogP contribution >= 0.6 is 0 Å². The Kier molecular flexibility index (Phi) is 4.05. The molecule has 1 amide bonds. The van der Waals surface area contributed by atoms with Crippen molar-refractivity contribution in [2.24, 2.45) is 0 Å². The van der Waals surface area contributed by atoms with Gasteiger partial charge in [0, 0.05) is 30.7 Å². The molecule has 6 nitrogen and oxygen atoms in total. The van der Waals surface area contributed by atoms with E-state index in [0.717, 1.165) is 25.2 Å². The molecular weight excluding hydrogens is 323 g/mol. The fourth-order valence-electron chi connectivity index (χ4n) is 3.24. The molecule has 1 fully saturated rings. The molecule has 0 spiro atoms. The number of carbonyl (C=O) groups is 1. The molecule has 1 N–H and O–H groups in total. The first-order valence-corrected chi connectivity index (χ1v) is 8.21. The lowest BCUT2D eigenvalue weighted by Crippen LogP contribution is -2.48. The predicted octanol–water partition coefficient (Wildman–Crippen LogP) is 2.76. The summed E-state index contributed by atoms with van der Waals surface area (Å²) in [5.41, 5.74) is 0.622. The van der Waals surface area contributed by atoms with E-state index in [4.69, 9.17) is 4.42 Å². The van der Waals surface area contributed by atoms with Gasteiger partial charge in [-0.3, -0.25) is 4.79 Å². The van der Waals surface area contributed by atoms with Gasteiger partial charge in [-0.1, -0.05) is 0 Å². The summed E-state index contributed by atoms with van der Waals surface area (Å²) in [5, 5.41) is 11.6. The van der Waals surface area contributed by atoms with Gasteiger partial charge in [-0.2, -0.15) is 5.10 Å². The number of aromatic nitrogens is 2. The summed E-state index contributed by atoms with van der Waals surface area (Å²) in [6.07, 6.45) is 4.88. The standard InChI is InChI=1S/C18H17FN4O2/c19-13-9-12-5-8-25-17(12)15(10-13)18(24)21-14-3-2-7-23(11-14)16-4-1-6-20-22-16/h1,4-6,8-10,14H,2-3,7,11H2,(H,21,24). The first kappa shape index (κ1) is 15.6. The second-order valence-electron chi connectivity index (χ2n) is 6.13. The molecule has 1 aromatic carbocycles. The van der Waals surface area contributed by atoms with Crippen LogP contribution < -0.4 is 10.2 Å². The molecule has 0 aliphatic carbocycles. The van der Waals surface area contributed by atoms with Crippen LogP contribution in [-0.4, -0.2) is 35.2 Å². The summed E-state index contributed by atoms with van der Waals surface area (Å²) in [4.78, 5) is 14.7. The third-order valence-corrected chi connectivity index (χ3v) is 4.40. The summed E-state index contributed by atoms with van der Waals surface area (Å²) in [7, 11) is 0. The Hall–Kier alpha value is -2.96. The van der Waals surface area contributed by atoms with Crippen molar-refractivity contribution in [3.8, 4) is 0 Å². The molecule has 3 aromatic rings. The van der Waals surface area contributed by atoms with E-state index in [1.54, 1.807) is 12.3 Å². The lowest BCUT2D eigenvalue weighted by Gasteiger charge is -2.33. The highest BCUT2D eigenvalue weighted by atomic mass is 19.1. The zero-order valence-electron chi connectivity index (χ0n) is 13.5. The maximum absolute atomic E-state index is 13.8. The number of piperidine rings is 1.